The quantitative estimate of drug-likeness (QED) is 0.850. The highest BCUT2D eigenvalue weighted by Gasteiger charge is 2.53. The van der Waals surface area contributed by atoms with E-state index in [9.17, 15) is 9.59 Å². The van der Waals surface area contributed by atoms with Crippen molar-refractivity contribution in [1.82, 2.24) is 19.8 Å². The standard InChI is InChI=1S/C24H30N4O2/c1-16-3-5-18(6-4-16)24(10-11-24)23(30)28-13-7-17(8-14-28)21-25-20-9-12-27(2)15-19(20)22(29)26-21/h3-6,17H,7-15H2,1-2H3,(H,25,26,29). The summed E-state index contributed by atoms with van der Waals surface area (Å²) in [5.74, 6) is 1.32. The van der Waals surface area contributed by atoms with Gasteiger partial charge < -0.3 is 14.8 Å². The van der Waals surface area contributed by atoms with Crippen LogP contribution in [0.4, 0.5) is 0 Å². The third-order valence-electron chi connectivity index (χ3n) is 7.21. The van der Waals surface area contributed by atoms with Crippen LogP contribution in [0.2, 0.25) is 0 Å². The van der Waals surface area contributed by atoms with E-state index < -0.39 is 0 Å². The summed E-state index contributed by atoms with van der Waals surface area (Å²) in [6.07, 6.45) is 4.44. The zero-order valence-corrected chi connectivity index (χ0v) is 17.9. The van der Waals surface area contributed by atoms with Crippen molar-refractivity contribution in [3.8, 4) is 0 Å². The lowest BCUT2D eigenvalue weighted by Crippen LogP contribution is -2.44. The lowest BCUT2D eigenvalue weighted by atomic mass is 9.90. The fourth-order valence-electron chi connectivity index (χ4n) is 5.05. The second kappa shape index (κ2) is 7.34. The van der Waals surface area contributed by atoms with E-state index in [2.05, 4.69) is 41.1 Å². The number of nitrogens with zero attached hydrogens (tertiary/aromatic N) is 3. The number of benzene rings is 1. The van der Waals surface area contributed by atoms with Crippen LogP contribution in [0.1, 0.15) is 59.8 Å². The Balaban J connectivity index is 1.28. The van der Waals surface area contributed by atoms with Gasteiger partial charge in [0.05, 0.1) is 16.7 Å². The molecule has 5 rings (SSSR count). The van der Waals surface area contributed by atoms with E-state index in [4.69, 9.17) is 4.98 Å². The van der Waals surface area contributed by atoms with Gasteiger partial charge in [0, 0.05) is 38.5 Å². The topological polar surface area (TPSA) is 69.3 Å². The highest BCUT2D eigenvalue weighted by atomic mass is 16.2. The zero-order chi connectivity index (χ0) is 20.9. The van der Waals surface area contributed by atoms with Gasteiger partial charge >= 0.3 is 0 Å². The Labute approximate surface area is 177 Å². The molecule has 1 amide bonds. The molecule has 30 heavy (non-hydrogen) atoms. The number of hydrogen-bond acceptors (Lipinski definition) is 4. The van der Waals surface area contributed by atoms with Crippen LogP contribution in [0, 0.1) is 6.92 Å². The zero-order valence-electron chi connectivity index (χ0n) is 17.9. The molecular formula is C24H30N4O2. The number of nitrogens with one attached hydrogen (secondary N) is 1. The van der Waals surface area contributed by atoms with Gasteiger partial charge in [-0.1, -0.05) is 29.8 Å². The number of carbonyl (C=O) groups excluding carboxylic acids is 1. The van der Waals surface area contributed by atoms with Crippen LogP contribution in [-0.4, -0.2) is 52.4 Å². The van der Waals surface area contributed by atoms with E-state index in [1.54, 1.807) is 0 Å². The van der Waals surface area contributed by atoms with Gasteiger partial charge in [0.1, 0.15) is 5.82 Å². The van der Waals surface area contributed by atoms with Crippen molar-refractivity contribution in [2.75, 3.05) is 26.7 Å². The summed E-state index contributed by atoms with van der Waals surface area (Å²) in [4.78, 5) is 38.0. The maximum atomic E-state index is 13.3. The average molecular weight is 407 g/mol. The first-order chi connectivity index (χ1) is 14.5. The highest BCUT2D eigenvalue weighted by molar-refractivity contribution is 5.91. The molecule has 6 heteroatoms. The smallest absolute Gasteiger partial charge is 0.255 e. The molecule has 0 radical (unpaired) electrons. The van der Waals surface area contributed by atoms with E-state index >= 15 is 0 Å². The number of fused-ring (bicyclic) bond motifs is 1. The highest BCUT2D eigenvalue weighted by Crippen LogP contribution is 2.50. The number of hydrogen-bond donors (Lipinski definition) is 1. The Morgan fingerprint density at radius 2 is 1.83 bits per heavy atom. The van der Waals surface area contributed by atoms with E-state index in [-0.39, 0.29) is 22.8 Å². The average Bonchev–Trinajstić information content (AvgIpc) is 3.56. The molecule has 1 aromatic carbocycles. The number of likely N-dealkylation sites (tertiary alicyclic amines) is 1. The molecule has 1 saturated heterocycles. The fourth-order valence-corrected chi connectivity index (χ4v) is 5.05. The SMILES string of the molecule is Cc1ccc(C2(C(=O)N3CCC(c4nc5c(c(=O)[nH]4)CN(C)CC5)CC3)CC2)cc1. The Morgan fingerprint density at radius 1 is 1.13 bits per heavy atom. The number of piperidine rings is 1. The normalized spacial score (nSPS) is 21.3. The predicted octanol–water partition coefficient (Wildman–Crippen LogP) is 2.50. The minimum absolute atomic E-state index is 0.0105. The van der Waals surface area contributed by atoms with Crippen LogP contribution in [0.5, 0.6) is 0 Å². The largest absolute Gasteiger partial charge is 0.342 e. The van der Waals surface area contributed by atoms with Crippen molar-refractivity contribution in [2.24, 2.45) is 0 Å². The first-order valence-electron chi connectivity index (χ1n) is 11.1. The van der Waals surface area contributed by atoms with Crippen molar-refractivity contribution in [2.45, 2.75) is 56.9 Å². The Hall–Kier alpha value is -2.47. The van der Waals surface area contributed by atoms with Gasteiger partial charge in [-0.2, -0.15) is 0 Å². The Bertz CT molecular complexity index is 1010. The van der Waals surface area contributed by atoms with Crippen LogP contribution in [-0.2, 0) is 23.2 Å². The van der Waals surface area contributed by atoms with Gasteiger partial charge in [-0.05, 0) is 45.2 Å². The lowest BCUT2D eigenvalue weighted by Gasteiger charge is -2.34. The Kier molecular flexibility index (Phi) is 4.77. The number of aryl methyl sites for hydroxylation is 1. The maximum absolute atomic E-state index is 13.3. The monoisotopic (exact) mass is 406 g/mol. The number of rotatable bonds is 3. The molecule has 1 aliphatic carbocycles. The summed E-state index contributed by atoms with van der Waals surface area (Å²) in [6, 6.07) is 8.44. The van der Waals surface area contributed by atoms with Crippen molar-refractivity contribution >= 4 is 5.91 Å². The predicted molar refractivity (Wildman–Crippen MR) is 116 cm³/mol. The van der Waals surface area contributed by atoms with Gasteiger partial charge in [0.2, 0.25) is 5.91 Å². The molecule has 3 aliphatic rings. The minimum Gasteiger partial charge on any atom is -0.342 e. The number of likely N-dealkylation sites (N-methyl/N-ethyl adjacent to an activating group) is 1. The minimum atomic E-state index is -0.301. The van der Waals surface area contributed by atoms with Gasteiger partial charge in [-0.25, -0.2) is 4.98 Å². The number of aromatic nitrogens is 2. The summed E-state index contributed by atoms with van der Waals surface area (Å²) >= 11 is 0. The van der Waals surface area contributed by atoms with Crippen LogP contribution in [0.3, 0.4) is 0 Å². The molecule has 0 atom stereocenters. The molecule has 0 spiro atoms. The number of carbonyl (C=O) groups is 1. The van der Waals surface area contributed by atoms with Crippen LogP contribution in [0.25, 0.3) is 0 Å². The van der Waals surface area contributed by atoms with Crippen LogP contribution >= 0.6 is 0 Å². The van der Waals surface area contributed by atoms with Gasteiger partial charge in [0.15, 0.2) is 0 Å². The summed E-state index contributed by atoms with van der Waals surface area (Å²) in [5, 5.41) is 0. The molecule has 0 bridgehead atoms. The van der Waals surface area contributed by atoms with Crippen molar-refractivity contribution in [3.05, 3.63) is 62.8 Å². The van der Waals surface area contributed by atoms with E-state index in [0.29, 0.717) is 6.54 Å². The molecule has 2 fully saturated rings. The van der Waals surface area contributed by atoms with Gasteiger partial charge in [-0.3, -0.25) is 9.59 Å². The second-order valence-electron chi connectivity index (χ2n) is 9.38. The first-order valence-corrected chi connectivity index (χ1v) is 11.1. The van der Waals surface area contributed by atoms with Crippen LogP contribution in [0.15, 0.2) is 29.1 Å². The number of H-pyrrole nitrogens is 1. The lowest BCUT2D eigenvalue weighted by molar-refractivity contribution is -0.135. The summed E-state index contributed by atoms with van der Waals surface area (Å²) < 4.78 is 0. The molecule has 2 aromatic rings. The van der Waals surface area contributed by atoms with Crippen LogP contribution < -0.4 is 5.56 Å². The molecule has 1 N–H and O–H groups in total. The molecule has 3 heterocycles. The molecule has 6 nitrogen and oxygen atoms in total. The van der Waals surface area contributed by atoms with E-state index in [1.807, 2.05) is 11.9 Å². The molecule has 1 aromatic heterocycles. The van der Waals surface area contributed by atoms with Crippen molar-refractivity contribution < 1.29 is 4.79 Å². The second-order valence-corrected chi connectivity index (χ2v) is 9.38. The number of aromatic amines is 1. The van der Waals surface area contributed by atoms with Gasteiger partial charge in [0.25, 0.3) is 5.56 Å². The molecule has 2 aliphatic heterocycles. The van der Waals surface area contributed by atoms with E-state index in [1.165, 1.54) is 5.56 Å². The molecular weight excluding hydrogens is 376 g/mol. The van der Waals surface area contributed by atoms with E-state index in [0.717, 1.165) is 74.4 Å². The summed E-state index contributed by atoms with van der Waals surface area (Å²) in [5.41, 5.74) is 3.86. The summed E-state index contributed by atoms with van der Waals surface area (Å²) in [7, 11) is 2.03. The van der Waals surface area contributed by atoms with Crippen molar-refractivity contribution in [3.63, 3.8) is 0 Å². The third-order valence-corrected chi connectivity index (χ3v) is 7.21. The Morgan fingerprint density at radius 3 is 2.50 bits per heavy atom. The maximum Gasteiger partial charge on any atom is 0.255 e. The number of amides is 1. The molecule has 0 unspecified atom stereocenters. The first kappa shape index (κ1) is 19.5. The van der Waals surface area contributed by atoms with Gasteiger partial charge in [-0.15, -0.1) is 0 Å². The summed E-state index contributed by atoms with van der Waals surface area (Å²) in [6.45, 7) is 5.16. The third kappa shape index (κ3) is 3.37. The molecule has 158 valence electrons. The fraction of sp³-hybridized carbons (Fsp3) is 0.542. The van der Waals surface area contributed by atoms with Crippen molar-refractivity contribution in [1.29, 1.82) is 0 Å². The molecule has 1 saturated carbocycles.